The predicted molar refractivity (Wildman–Crippen MR) is 43.0 cm³/mol. The summed E-state index contributed by atoms with van der Waals surface area (Å²) in [7, 11) is 0. The van der Waals surface area contributed by atoms with Crippen molar-refractivity contribution in [3.8, 4) is 0 Å². The number of amides is 1. The SMILES string of the molecule is [CH2]c1cccnc1NC(C)=O. The highest BCUT2D eigenvalue weighted by Crippen LogP contribution is 2.07. The van der Waals surface area contributed by atoms with Gasteiger partial charge < -0.3 is 5.32 Å². The van der Waals surface area contributed by atoms with Crippen molar-refractivity contribution >= 4 is 11.7 Å². The first-order chi connectivity index (χ1) is 5.20. The Morgan fingerprint density at radius 2 is 2.45 bits per heavy atom. The molecule has 1 heterocycles. The Hall–Kier alpha value is -1.38. The number of carbonyl (C=O) groups excluding carboxylic acids is 1. The Kier molecular flexibility index (Phi) is 2.21. The highest BCUT2D eigenvalue weighted by Gasteiger charge is 1.98. The van der Waals surface area contributed by atoms with Gasteiger partial charge in [0.2, 0.25) is 5.91 Å². The highest BCUT2D eigenvalue weighted by atomic mass is 16.1. The van der Waals surface area contributed by atoms with Crippen molar-refractivity contribution in [1.82, 2.24) is 4.98 Å². The molecule has 1 rings (SSSR count). The molecule has 0 saturated carbocycles. The van der Waals surface area contributed by atoms with E-state index < -0.39 is 0 Å². The minimum absolute atomic E-state index is 0.131. The fourth-order valence-electron chi connectivity index (χ4n) is 0.718. The number of carbonyl (C=O) groups is 1. The van der Waals surface area contributed by atoms with Crippen LogP contribution in [0.4, 0.5) is 5.82 Å². The molecule has 1 amide bonds. The minimum Gasteiger partial charge on any atom is -0.311 e. The molecule has 0 bridgehead atoms. The first-order valence-electron chi connectivity index (χ1n) is 3.24. The third-order valence-corrected chi connectivity index (χ3v) is 1.19. The second-order valence-corrected chi connectivity index (χ2v) is 2.19. The van der Waals surface area contributed by atoms with Crippen LogP contribution in [-0.2, 0) is 4.79 Å². The van der Waals surface area contributed by atoms with Crippen LogP contribution in [0.5, 0.6) is 0 Å². The Balaban J connectivity index is 2.86. The Morgan fingerprint density at radius 3 is 3.00 bits per heavy atom. The van der Waals surface area contributed by atoms with E-state index in [1.165, 1.54) is 6.92 Å². The van der Waals surface area contributed by atoms with Gasteiger partial charge in [-0.05, 0) is 18.6 Å². The maximum absolute atomic E-state index is 10.6. The van der Waals surface area contributed by atoms with Gasteiger partial charge in [0.25, 0.3) is 0 Å². The van der Waals surface area contributed by atoms with E-state index in [0.717, 1.165) is 5.56 Å². The van der Waals surface area contributed by atoms with Gasteiger partial charge in [0, 0.05) is 13.1 Å². The third kappa shape index (κ3) is 2.04. The van der Waals surface area contributed by atoms with Crippen LogP contribution in [0.15, 0.2) is 18.3 Å². The standard InChI is InChI=1S/C8H9N2O/c1-6-4-3-5-9-8(6)10-7(2)11/h3-5H,1H2,2H3,(H,9,10,11). The second kappa shape index (κ2) is 3.14. The maximum atomic E-state index is 10.6. The molecule has 0 unspecified atom stereocenters. The van der Waals surface area contributed by atoms with Crippen molar-refractivity contribution in [3.63, 3.8) is 0 Å². The van der Waals surface area contributed by atoms with Crippen molar-refractivity contribution in [2.75, 3.05) is 5.32 Å². The topological polar surface area (TPSA) is 42.0 Å². The molecule has 0 aliphatic heterocycles. The number of rotatable bonds is 1. The number of hydrogen-bond donors (Lipinski definition) is 1. The molecule has 3 nitrogen and oxygen atoms in total. The highest BCUT2D eigenvalue weighted by molar-refractivity contribution is 5.88. The first-order valence-corrected chi connectivity index (χ1v) is 3.24. The Labute approximate surface area is 65.5 Å². The summed E-state index contributed by atoms with van der Waals surface area (Å²) < 4.78 is 0. The van der Waals surface area contributed by atoms with Crippen LogP contribution >= 0.6 is 0 Å². The summed E-state index contributed by atoms with van der Waals surface area (Å²) in [5.41, 5.74) is 0.725. The van der Waals surface area contributed by atoms with Crippen LogP contribution in [0.25, 0.3) is 0 Å². The molecular weight excluding hydrogens is 140 g/mol. The van der Waals surface area contributed by atoms with E-state index in [2.05, 4.69) is 17.2 Å². The van der Waals surface area contributed by atoms with Gasteiger partial charge in [0.05, 0.1) is 0 Å². The maximum Gasteiger partial charge on any atom is 0.222 e. The third-order valence-electron chi connectivity index (χ3n) is 1.19. The van der Waals surface area contributed by atoms with Crippen molar-refractivity contribution in [2.45, 2.75) is 6.92 Å². The number of hydrogen-bond acceptors (Lipinski definition) is 2. The minimum atomic E-state index is -0.131. The summed E-state index contributed by atoms with van der Waals surface area (Å²) in [6.45, 7) is 5.13. The van der Waals surface area contributed by atoms with Crippen LogP contribution in [0.1, 0.15) is 12.5 Å². The van der Waals surface area contributed by atoms with E-state index >= 15 is 0 Å². The lowest BCUT2D eigenvalue weighted by molar-refractivity contribution is -0.114. The van der Waals surface area contributed by atoms with E-state index in [1.807, 2.05) is 0 Å². The van der Waals surface area contributed by atoms with Crippen molar-refractivity contribution in [1.29, 1.82) is 0 Å². The molecule has 0 aliphatic carbocycles. The van der Waals surface area contributed by atoms with Crippen LogP contribution < -0.4 is 5.32 Å². The molecule has 0 aromatic carbocycles. The smallest absolute Gasteiger partial charge is 0.222 e. The van der Waals surface area contributed by atoms with E-state index in [4.69, 9.17) is 0 Å². The summed E-state index contributed by atoms with van der Waals surface area (Å²) >= 11 is 0. The van der Waals surface area contributed by atoms with E-state index in [-0.39, 0.29) is 5.91 Å². The fourth-order valence-corrected chi connectivity index (χ4v) is 0.718. The summed E-state index contributed by atoms with van der Waals surface area (Å²) in [6.07, 6.45) is 1.61. The van der Waals surface area contributed by atoms with Crippen LogP contribution in [-0.4, -0.2) is 10.9 Å². The summed E-state index contributed by atoms with van der Waals surface area (Å²) in [5, 5.41) is 2.56. The lowest BCUT2D eigenvalue weighted by Gasteiger charge is -2.02. The van der Waals surface area contributed by atoms with Gasteiger partial charge in [-0.3, -0.25) is 4.79 Å². The lowest BCUT2D eigenvalue weighted by atomic mass is 10.3. The molecule has 3 heteroatoms. The molecule has 1 aromatic rings. The summed E-state index contributed by atoms with van der Waals surface area (Å²) in [5.74, 6) is 0.397. The van der Waals surface area contributed by atoms with Gasteiger partial charge in [-0.1, -0.05) is 6.07 Å². The van der Waals surface area contributed by atoms with Crippen molar-refractivity contribution < 1.29 is 4.79 Å². The van der Waals surface area contributed by atoms with E-state index in [0.29, 0.717) is 5.82 Å². The zero-order valence-electron chi connectivity index (χ0n) is 6.29. The molecule has 11 heavy (non-hydrogen) atoms. The molecule has 0 aliphatic rings. The van der Waals surface area contributed by atoms with Crippen LogP contribution in [0.3, 0.4) is 0 Å². The van der Waals surface area contributed by atoms with Crippen molar-refractivity contribution in [2.24, 2.45) is 0 Å². The van der Waals surface area contributed by atoms with Crippen LogP contribution in [0, 0.1) is 6.92 Å². The molecule has 0 spiro atoms. The average molecular weight is 149 g/mol. The summed E-state index contributed by atoms with van der Waals surface area (Å²) in [6, 6.07) is 3.56. The normalized spacial score (nSPS) is 9.27. The zero-order valence-corrected chi connectivity index (χ0v) is 6.29. The summed E-state index contributed by atoms with van der Waals surface area (Å²) in [4.78, 5) is 14.5. The molecule has 1 aromatic heterocycles. The molecule has 1 radical (unpaired) electrons. The average Bonchev–Trinajstić information content (AvgIpc) is 1.93. The number of anilines is 1. The van der Waals surface area contributed by atoms with Gasteiger partial charge in [-0.2, -0.15) is 0 Å². The van der Waals surface area contributed by atoms with Gasteiger partial charge in [-0.25, -0.2) is 4.98 Å². The largest absolute Gasteiger partial charge is 0.311 e. The van der Waals surface area contributed by atoms with Gasteiger partial charge in [-0.15, -0.1) is 0 Å². The lowest BCUT2D eigenvalue weighted by Crippen LogP contribution is -2.08. The quantitative estimate of drug-likeness (QED) is 0.652. The molecule has 0 atom stereocenters. The molecular formula is C8H9N2O. The monoisotopic (exact) mass is 149 g/mol. The number of nitrogens with zero attached hydrogens (tertiary/aromatic N) is 1. The van der Waals surface area contributed by atoms with Gasteiger partial charge in [0.15, 0.2) is 0 Å². The molecule has 0 fully saturated rings. The number of pyridine rings is 1. The second-order valence-electron chi connectivity index (χ2n) is 2.19. The van der Waals surface area contributed by atoms with Gasteiger partial charge in [0.1, 0.15) is 5.82 Å². The first kappa shape index (κ1) is 7.72. The Bertz CT molecular complexity index is 271. The number of nitrogens with one attached hydrogen (secondary N) is 1. The number of aromatic nitrogens is 1. The predicted octanol–water partition coefficient (Wildman–Crippen LogP) is 1.22. The van der Waals surface area contributed by atoms with Crippen LogP contribution in [0.2, 0.25) is 0 Å². The van der Waals surface area contributed by atoms with E-state index in [1.54, 1.807) is 18.3 Å². The Morgan fingerprint density at radius 1 is 1.73 bits per heavy atom. The fraction of sp³-hybridized carbons (Fsp3) is 0.125. The van der Waals surface area contributed by atoms with Gasteiger partial charge >= 0.3 is 0 Å². The van der Waals surface area contributed by atoms with E-state index in [9.17, 15) is 4.79 Å². The zero-order chi connectivity index (χ0) is 8.27. The molecule has 0 saturated heterocycles. The van der Waals surface area contributed by atoms with Crippen molar-refractivity contribution in [3.05, 3.63) is 30.8 Å². The molecule has 1 N–H and O–H groups in total. The molecule has 57 valence electrons.